The van der Waals surface area contributed by atoms with Crippen molar-refractivity contribution in [2.75, 3.05) is 18.0 Å². The molecule has 0 bridgehead atoms. The number of aromatic nitrogens is 2. The number of nitrogens with zero attached hydrogens (tertiary/aromatic N) is 4. The number of nitrogens with one attached hydrogen (secondary N) is 1. The van der Waals surface area contributed by atoms with Gasteiger partial charge in [-0.2, -0.15) is 9.38 Å². The summed E-state index contributed by atoms with van der Waals surface area (Å²) in [6, 6.07) is 15.1. The molecule has 144 valence electrons. The van der Waals surface area contributed by atoms with Crippen molar-refractivity contribution in [1.82, 2.24) is 14.7 Å². The van der Waals surface area contributed by atoms with Gasteiger partial charge in [0.15, 0.2) is 0 Å². The molecule has 4 rings (SSSR count). The number of hydrogen-bond donors (Lipinski definition) is 1. The summed E-state index contributed by atoms with van der Waals surface area (Å²) >= 11 is 0. The Balaban J connectivity index is 1.42. The molecule has 1 fully saturated rings. The number of pyridine rings is 1. The Kier molecular flexibility index (Phi) is 4.92. The largest absolute Gasteiger partial charge is 0.372 e. The number of carbonyl (C=O) groups is 1. The number of piperidine rings is 1. The molecule has 1 aromatic carbocycles. The minimum absolute atomic E-state index is 0.0254. The van der Waals surface area contributed by atoms with Crippen LogP contribution in [0.3, 0.4) is 0 Å². The highest BCUT2D eigenvalue weighted by molar-refractivity contribution is 5.79. The summed E-state index contributed by atoms with van der Waals surface area (Å²) in [6.45, 7) is 1.64. The minimum Gasteiger partial charge on any atom is -0.358 e. The molecule has 8 heteroatoms. The first-order valence-corrected chi connectivity index (χ1v) is 9.31. The fourth-order valence-electron chi connectivity index (χ4n) is 3.64. The second-order valence-corrected chi connectivity index (χ2v) is 6.91. The standard InChI is InChI=1S/C20H21N5O3/c26-19(21-14-15-6-2-1-3-7-15)16-9-12-23(13-10-16)18-20(25(27)28)24-11-5-4-8-17(24)22-18/h1-8,11,16H,9-10,12-14H2,(H,21,26). The molecule has 1 N–H and O–H groups in total. The average Bonchev–Trinajstić information content (AvgIpc) is 3.13. The van der Waals surface area contributed by atoms with Gasteiger partial charge in [-0.15, -0.1) is 0 Å². The van der Waals surface area contributed by atoms with E-state index in [4.69, 9.17) is 0 Å². The van der Waals surface area contributed by atoms with Crippen molar-refractivity contribution < 1.29 is 9.72 Å². The zero-order valence-electron chi connectivity index (χ0n) is 15.3. The first kappa shape index (κ1) is 18.0. The second kappa shape index (κ2) is 7.67. The maximum Gasteiger partial charge on any atom is 0.372 e. The van der Waals surface area contributed by atoms with Gasteiger partial charge in [0, 0.05) is 31.6 Å². The van der Waals surface area contributed by atoms with Gasteiger partial charge < -0.3 is 20.3 Å². The Morgan fingerprint density at radius 2 is 1.86 bits per heavy atom. The maximum absolute atomic E-state index is 12.5. The van der Waals surface area contributed by atoms with E-state index in [0.29, 0.717) is 43.9 Å². The second-order valence-electron chi connectivity index (χ2n) is 6.91. The van der Waals surface area contributed by atoms with E-state index >= 15 is 0 Å². The van der Waals surface area contributed by atoms with Gasteiger partial charge in [-0.3, -0.25) is 4.79 Å². The van der Waals surface area contributed by atoms with E-state index in [1.165, 1.54) is 4.40 Å². The van der Waals surface area contributed by atoms with Crippen molar-refractivity contribution in [2.45, 2.75) is 19.4 Å². The van der Waals surface area contributed by atoms with Gasteiger partial charge in [0.2, 0.25) is 17.4 Å². The van der Waals surface area contributed by atoms with Crippen molar-refractivity contribution in [3.8, 4) is 0 Å². The van der Waals surface area contributed by atoms with Gasteiger partial charge >= 0.3 is 5.82 Å². The Morgan fingerprint density at radius 3 is 2.57 bits per heavy atom. The molecule has 1 saturated heterocycles. The molecule has 0 spiro atoms. The lowest BCUT2D eigenvalue weighted by Crippen LogP contribution is -2.40. The third-order valence-electron chi connectivity index (χ3n) is 5.13. The summed E-state index contributed by atoms with van der Waals surface area (Å²) in [4.78, 5) is 30.0. The van der Waals surface area contributed by atoms with Crippen LogP contribution in [0.15, 0.2) is 54.7 Å². The first-order chi connectivity index (χ1) is 13.6. The molecule has 1 amide bonds. The SMILES string of the molecule is O=C(NCc1ccccc1)C1CCN(c2nc3ccccn3c2[N+](=O)[O-])CC1. The molecule has 0 saturated carbocycles. The highest BCUT2D eigenvalue weighted by Crippen LogP contribution is 2.31. The van der Waals surface area contributed by atoms with E-state index in [9.17, 15) is 14.9 Å². The van der Waals surface area contributed by atoms with E-state index < -0.39 is 4.92 Å². The van der Waals surface area contributed by atoms with Gasteiger partial charge in [-0.25, -0.2) is 0 Å². The van der Waals surface area contributed by atoms with Crippen molar-refractivity contribution in [3.05, 3.63) is 70.4 Å². The van der Waals surface area contributed by atoms with Crippen LogP contribution >= 0.6 is 0 Å². The highest BCUT2D eigenvalue weighted by Gasteiger charge is 2.31. The predicted octanol–water partition coefficient (Wildman–Crippen LogP) is 2.78. The topological polar surface area (TPSA) is 92.8 Å². The van der Waals surface area contributed by atoms with Crippen LogP contribution in [-0.4, -0.2) is 33.3 Å². The quantitative estimate of drug-likeness (QED) is 0.543. The number of nitro groups is 1. The van der Waals surface area contributed by atoms with Crippen molar-refractivity contribution >= 4 is 23.2 Å². The van der Waals surface area contributed by atoms with Gasteiger partial charge in [0.25, 0.3) is 0 Å². The van der Waals surface area contributed by atoms with Gasteiger partial charge in [-0.05, 0) is 29.4 Å². The number of amides is 1. The van der Waals surface area contributed by atoms with Crippen molar-refractivity contribution in [3.63, 3.8) is 0 Å². The maximum atomic E-state index is 12.5. The van der Waals surface area contributed by atoms with Crippen molar-refractivity contribution in [2.24, 2.45) is 5.92 Å². The molecule has 3 heterocycles. The van der Waals surface area contributed by atoms with Crippen molar-refractivity contribution in [1.29, 1.82) is 0 Å². The molecule has 0 radical (unpaired) electrons. The Labute approximate surface area is 161 Å². The Morgan fingerprint density at radius 1 is 1.14 bits per heavy atom. The molecule has 0 atom stereocenters. The molecule has 1 aliphatic heterocycles. The van der Waals surface area contributed by atoms with Crippen LogP contribution in [0.5, 0.6) is 0 Å². The number of anilines is 1. The lowest BCUT2D eigenvalue weighted by Gasteiger charge is -2.31. The van der Waals surface area contributed by atoms with E-state index in [-0.39, 0.29) is 17.6 Å². The van der Waals surface area contributed by atoms with Gasteiger partial charge in [-0.1, -0.05) is 36.4 Å². The first-order valence-electron chi connectivity index (χ1n) is 9.31. The summed E-state index contributed by atoms with van der Waals surface area (Å²) in [5.74, 6) is 0.297. The number of hydrogen-bond acceptors (Lipinski definition) is 5. The summed E-state index contributed by atoms with van der Waals surface area (Å²) in [5.41, 5.74) is 1.61. The molecule has 28 heavy (non-hydrogen) atoms. The highest BCUT2D eigenvalue weighted by atomic mass is 16.6. The molecule has 0 unspecified atom stereocenters. The third kappa shape index (κ3) is 3.53. The molecular weight excluding hydrogens is 358 g/mol. The Hall–Kier alpha value is -3.42. The van der Waals surface area contributed by atoms with E-state index in [1.807, 2.05) is 35.2 Å². The monoisotopic (exact) mass is 379 g/mol. The molecular formula is C20H21N5O3. The molecule has 3 aromatic rings. The molecule has 1 aliphatic rings. The van der Waals surface area contributed by atoms with Gasteiger partial charge in [0.1, 0.15) is 0 Å². The van der Waals surface area contributed by atoms with Crippen LogP contribution in [0.2, 0.25) is 0 Å². The molecule has 2 aromatic heterocycles. The number of rotatable bonds is 5. The number of imidazole rings is 1. The van der Waals surface area contributed by atoms with E-state index in [2.05, 4.69) is 10.3 Å². The van der Waals surface area contributed by atoms with Crippen LogP contribution in [0.25, 0.3) is 5.65 Å². The lowest BCUT2D eigenvalue weighted by molar-refractivity contribution is -0.389. The zero-order chi connectivity index (χ0) is 19.5. The summed E-state index contributed by atoms with van der Waals surface area (Å²) < 4.78 is 1.49. The van der Waals surface area contributed by atoms with Crippen LogP contribution < -0.4 is 10.2 Å². The normalized spacial score (nSPS) is 14.9. The number of fused-ring (bicyclic) bond motifs is 1. The fraction of sp³-hybridized carbons (Fsp3) is 0.300. The summed E-state index contributed by atoms with van der Waals surface area (Å²) in [7, 11) is 0. The van der Waals surface area contributed by atoms with E-state index in [1.54, 1.807) is 24.4 Å². The minimum atomic E-state index is -0.395. The number of benzene rings is 1. The fourth-order valence-corrected chi connectivity index (χ4v) is 3.64. The van der Waals surface area contributed by atoms with Crippen LogP contribution in [0, 0.1) is 16.0 Å². The lowest BCUT2D eigenvalue weighted by atomic mass is 9.96. The average molecular weight is 379 g/mol. The smallest absolute Gasteiger partial charge is 0.358 e. The zero-order valence-corrected chi connectivity index (χ0v) is 15.3. The summed E-state index contributed by atoms with van der Waals surface area (Å²) in [5, 5.41) is 14.6. The molecule has 0 aliphatic carbocycles. The van der Waals surface area contributed by atoms with Crippen LogP contribution in [-0.2, 0) is 11.3 Å². The number of carbonyl (C=O) groups excluding carboxylic acids is 1. The molecule has 8 nitrogen and oxygen atoms in total. The van der Waals surface area contributed by atoms with E-state index in [0.717, 1.165) is 5.56 Å². The predicted molar refractivity (Wildman–Crippen MR) is 105 cm³/mol. The summed E-state index contributed by atoms with van der Waals surface area (Å²) in [6.07, 6.45) is 2.94. The van der Waals surface area contributed by atoms with Crippen LogP contribution in [0.4, 0.5) is 11.6 Å². The third-order valence-corrected chi connectivity index (χ3v) is 5.13. The Bertz CT molecular complexity index is 994. The van der Waals surface area contributed by atoms with Gasteiger partial charge in [0.05, 0.1) is 6.20 Å². The van der Waals surface area contributed by atoms with Crippen LogP contribution in [0.1, 0.15) is 18.4 Å².